The van der Waals surface area contributed by atoms with Crippen molar-refractivity contribution in [1.82, 2.24) is 9.88 Å². The minimum absolute atomic E-state index is 0.0736. The van der Waals surface area contributed by atoms with Gasteiger partial charge in [0.25, 0.3) is 0 Å². The molecule has 0 bridgehead atoms. The van der Waals surface area contributed by atoms with Crippen LogP contribution in [-0.2, 0) is 16.0 Å². The van der Waals surface area contributed by atoms with E-state index >= 15 is 0 Å². The van der Waals surface area contributed by atoms with Crippen LogP contribution >= 0.6 is 23.1 Å². The molecule has 8 heteroatoms. The van der Waals surface area contributed by atoms with Gasteiger partial charge in [0, 0.05) is 24.1 Å². The molecule has 1 amide bonds. The Labute approximate surface area is 166 Å². The highest BCUT2D eigenvalue weighted by atomic mass is 32.2. The summed E-state index contributed by atoms with van der Waals surface area (Å²) < 4.78 is 6.54. The summed E-state index contributed by atoms with van der Waals surface area (Å²) in [5, 5.41) is 10.4. The minimum Gasteiger partial charge on any atom is -0.476 e. The summed E-state index contributed by atoms with van der Waals surface area (Å²) in [5.74, 6) is -0.156. The summed E-state index contributed by atoms with van der Waals surface area (Å²) in [7, 11) is 0. The molecule has 27 heavy (non-hydrogen) atoms. The molecule has 1 saturated heterocycles. The normalized spacial score (nSPS) is 16.8. The number of carbonyl (C=O) groups excluding carboxylic acids is 1. The lowest BCUT2D eigenvalue weighted by Gasteiger charge is -2.24. The van der Waals surface area contributed by atoms with Crippen LogP contribution in [0.4, 0.5) is 0 Å². The van der Waals surface area contributed by atoms with Crippen LogP contribution in [0.15, 0.2) is 40.1 Å². The van der Waals surface area contributed by atoms with Crippen molar-refractivity contribution in [2.45, 2.75) is 29.6 Å². The number of aromatic carboxylic acids is 1. The van der Waals surface area contributed by atoms with Gasteiger partial charge in [-0.1, -0.05) is 42.1 Å². The molecule has 1 fully saturated rings. The Morgan fingerprint density at radius 2 is 2.19 bits per heavy atom. The van der Waals surface area contributed by atoms with Crippen LogP contribution in [-0.4, -0.2) is 58.4 Å². The van der Waals surface area contributed by atoms with Gasteiger partial charge in [0.2, 0.25) is 5.91 Å². The van der Waals surface area contributed by atoms with Crippen molar-refractivity contribution in [3.63, 3.8) is 0 Å². The summed E-state index contributed by atoms with van der Waals surface area (Å²) >= 11 is 2.80. The second-order valence-corrected chi connectivity index (χ2v) is 8.44. The molecular weight excluding hydrogens is 384 g/mol. The van der Waals surface area contributed by atoms with E-state index in [4.69, 9.17) is 9.84 Å². The molecule has 3 rings (SSSR count). The van der Waals surface area contributed by atoms with Gasteiger partial charge >= 0.3 is 5.97 Å². The third-order valence-electron chi connectivity index (χ3n) is 4.40. The summed E-state index contributed by atoms with van der Waals surface area (Å²) in [6.45, 7) is 1.83. The van der Waals surface area contributed by atoms with E-state index in [1.54, 1.807) is 0 Å². The van der Waals surface area contributed by atoms with Crippen LogP contribution in [0.1, 0.15) is 28.9 Å². The Morgan fingerprint density at radius 1 is 1.37 bits per heavy atom. The summed E-state index contributed by atoms with van der Waals surface area (Å²) in [6.07, 6.45) is 2.26. The lowest BCUT2D eigenvalue weighted by molar-refractivity contribution is -0.129. The Kier molecular flexibility index (Phi) is 7.25. The predicted octanol–water partition coefficient (Wildman–Crippen LogP) is 3.18. The topological polar surface area (TPSA) is 79.7 Å². The van der Waals surface area contributed by atoms with Crippen molar-refractivity contribution in [1.29, 1.82) is 0 Å². The minimum atomic E-state index is -1.01. The maximum absolute atomic E-state index is 12.1. The van der Waals surface area contributed by atoms with Gasteiger partial charge < -0.3 is 14.7 Å². The highest BCUT2D eigenvalue weighted by Gasteiger charge is 2.30. The number of benzene rings is 1. The van der Waals surface area contributed by atoms with Crippen molar-refractivity contribution in [2.24, 2.45) is 0 Å². The number of aromatic nitrogens is 1. The first-order valence-electron chi connectivity index (χ1n) is 8.86. The quantitative estimate of drug-likeness (QED) is 0.482. The number of ether oxygens (including phenoxy) is 1. The maximum atomic E-state index is 12.1. The fourth-order valence-electron chi connectivity index (χ4n) is 2.98. The van der Waals surface area contributed by atoms with Crippen molar-refractivity contribution >= 4 is 35.0 Å². The van der Waals surface area contributed by atoms with Gasteiger partial charge in [0.05, 0.1) is 19.3 Å². The van der Waals surface area contributed by atoms with Gasteiger partial charge in [-0.25, -0.2) is 9.78 Å². The Bertz CT molecular complexity index is 766. The van der Waals surface area contributed by atoms with E-state index in [1.165, 1.54) is 34.0 Å². The predicted molar refractivity (Wildman–Crippen MR) is 105 cm³/mol. The molecule has 0 spiro atoms. The van der Waals surface area contributed by atoms with Crippen molar-refractivity contribution in [2.75, 3.05) is 25.5 Å². The number of hydrogen-bond acceptors (Lipinski definition) is 6. The second kappa shape index (κ2) is 9.87. The number of carbonyl (C=O) groups is 2. The molecule has 144 valence electrons. The summed E-state index contributed by atoms with van der Waals surface area (Å²) in [6, 6.07) is 10.3. The molecule has 1 aromatic carbocycles. The largest absolute Gasteiger partial charge is 0.476 e. The zero-order valence-electron chi connectivity index (χ0n) is 14.9. The van der Waals surface area contributed by atoms with Crippen molar-refractivity contribution < 1.29 is 19.4 Å². The average Bonchev–Trinajstić information content (AvgIpc) is 3.28. The number of carboxylic acid groups (broad SMARTS) is 1. The van der Waals surface area contributed by atoms with Gasteiger partial charge in [0.1, 0.15) is 0 Å². The number of likely N-dealkylation sites (tertiary alicyclic amines) is 1. The average molecular weight is 407 g/mol. The van der Waals surface area contributed by atoms with Crippen LogP contribution in [0.2, 0.25) is 0 Å². The Balaban J connectivity index is 1.40. The molecule has 0 radical (unpaired) electrons. The number of thiazole rings is 1. The molecule has 1 atom stereocenters. The van der Waals surface area contributed by atoms with Crippen LogP contribution < -0.4 is 0 Å². The molecule has 0 unspecified atom stereocenters. The van der Waals surface area contributed by atoms with Gasteiger partial charge in [-0.05, 0) is 18.4 Å². The van der Waals surface area contributed by atoms with Gasteiger partial charge in [-0.3, -0.25) is 4.79 Å². The molecule has 1 aromatic heterocycles. The number of rotatable bonds is 10. The zero-order valence-corrected chi connectivity index (χ0v) is 16.5. The van der Waals surface area contributed by atoms with E-state index < -0.39 is 5.97 Å². The summed E-state index contributed by atoms with van der Waals surface area (Å²) in [4.78, 5) is 29.0. The SMILES string of the molecule is O=C(O)c1csc(SCCN2C(=O)CC[C@@H]2COCCc2ccccc2)n1. The molecule has 6 nitrogen and oxygen atoms in total. The van der Waals surface area contributed by atoms with Gasteiger partial charge in [0.15, 0.2) is 10.0 Å². The smallest absolute Gasteiger partial charge is 0.355 e. The van der Waals surface area contributed by atoms with E-state index in [-0.39, 0.29) is 17.6 Å². The van der Waals surface area contributed by atoms with E-state index in [0.29, 0.717) is 31.9 Å². The van der Waals surface area contributed by atoms with Crippen molar-refractivity contribution in [3.8, 4) is 0 Å². The molecule has 0 saturated carbocycles. The van der Waals surface area contributed by atoms with Crippen LogP contribution in [0.25, 0.3) is 0 Å². The first kappa shape index (κ1) is 19.9. The van der Waals surface area contributed by atoms with Gasteiger partial charge in [-0.2, -0.15) is 0 Å². The second-order valence-electron chi connectivity index (χ2n) is 6.24. The number of hydrogen-bond donors (Lipinski definition) is 1. The van der Waals surface area contributed by atoms with Crippen LogP contribution in [0, 0.1) is 0 Å². The van der Waals surface area contributed by atoms with E-state index in [1.807, 2.05) is 23.1 Å². The fourth-order valence-corrected chi connectivity index (χ4v) is 4.79. The molecule has 1 aliphatic heterocycles. The highest BCUT2D eigenvalue weighted by molar-refractivity contribution is 8.01. The third-order valence-corrected chi connectivity index (χ3v) is 6.40. The van der Waals surface area contributed by atoms with E-state index in [9.17, 15) is 9.59 Å². The monoisotopic (exact) mass is 406 g/mol. The zero-order chi connectivity index (χ0) is 19.1. The molecular formula is C19H22N2O4S2. The number of amides is 1. The number of carboxylic acids is 1. The first-order valence-corrected chi connectivity index (χ1v) is 10.7. The molecule has 1 aliphatic rings. The number of thioether (sulfide) groups is 1. The highest BCUT2D eigenvalue weighted by Crippen LogP contribution is 2.25. The summed E-state index contributed by atoms with van der Waals surface area (Å²) in [5.41, 5.74) is 1.32. The van der Waals surface area contributed by atoms with E-state index in [0.717, 1.165) is 17.2 Å². The molecule has 1 N–H and O–H groups in total. The Morgan fingerprint density at radius 3 is 2.93 bits per heavy atom. The Hall–Kier alpha value is -1.90. The third kappa shape index (κ3) is 5.79. The molecule has 2 aromatic rings. The van der Waals surface area contributed by atoms with Crippen LogP contribution in [0.3, 0.4) is 0 Å². The fraction of sp³-hybridized carbons (Fsp3) is 0.421. The standard InChI is InChI=1S/C19H22N2O4S2/c22-17-7-6-15(12-25-10-8-14-4-2-1-3-5-14)21(17)9-11-26-19-20-16(13-27-19)18(23)24/h1-5,13,15H,6-12H2,(H,23,24)/t15-/m1/s1. The lowest BCUT2D eigenvalue weighted by Crippen LogP contribution is -2.37. The molecule has 2 heterocycles. The van der Waals surface area contributed by atoms with Crippen molar-refractivity contribution in [3.05, 3.63) is 47.0 Å². The molecule has 0 aliphatic carbocycles. The maximum Gasteiger partial charge on any atom is 0.355 e. The van der Waals surface area contributed by atoms with Gasteiger partial charge in [-0.15, -0.1) is 11.3 Å². The van der Waals surface area contributed by atoms with Crippen LogP contribution in [0.5, 0.6) is 0 Å². The number of nitrogens with zero attached hydrogens (tertiary/aromatic N) is 2. The lowest BCUT2D eigenvalue weighted by atomic mass is 10.2. The van der Waals surface area contributed by atoms with E-state index in [2.05, 4.69) is 17.1 Å². The first-order chi connectivity index (χ1) is 13.1.